The van der Waals surface area contributed by atoms with E-state index < -0.39 is 0 Å². The van der Waals surface area contributed by atoms with Crippen molar-refractivity contribution >= 4 is 23.2 Å². The minimum atomic E-state index is 0.0438. The lowest BCUT2D eigenvalue weighted by Crippen LogP contribution is -2.28. The molecule has 0 fully saturated rings. The summed E-state index contributed by atoms with van der Waals surface area (Å²) in [7, 11) is 5.64. The summed E-state index contributed by atoms with van der Waals surface area (Å²) in [6.45, 7) is 2.21. The number of benzene rings is 1. The van der Waals surface area contributed by atoms with Gasteiger partial charge < -0.3 is 20.3 Å². The van der Waals surface area contributed by atoms with Crippen LogP contribution < -0.4 is 15.4 Å². The van der Waals surface area contributed by atoms with Crippen molar-refractivity contribution in [2.75, 3.05) is 46.2 Å². The number of halogens is 1. The molecule has 0 aliphatic rings. The Morgan fingerprint density at radius 3 is 2.76 bits per heavy atom. The number of ether oxygens (including phenoxy) is 1. The van der Waals surface area contributed by atoms with Crippen molar-refractivity contribution < 1.29 is 9.53 Å². The van der Waals surface area contributed by atoms with Crippen molar-refractivity contribution in [3.05, 3.63) is 23.2 Å². The molecular formula is C15H24ClN3O2. The lowest BCUT2D eigenvalue weighted by Gasteiger charge is -2.12. The van der Waals surface area contributed by atoms with Crippen LogP contribution in [-0.4, -0.2) is 51.6 Å². The van der Waals surface area contributed by atoms with Crippen LogP contribution in [-0.2, 0) is 4.79 Å². The molecule has 6 heteroatoms. The van der Waals surface area contributed by atoms with Crippen molar-refractivity contribution in [1.82, 2.24) is 10.2 Å². The third-order valence-electron chi connectivity index (χ3n) is 2.93. The molecule has 0 spiro atoms. The SMILES string of the molecule is COc1ccc(Cl)cc1NCCC(=O)NCCCN(C)C. The molecule has 21 heavy (non-hydrogen) atoms. The average molecular weight is 314 g/mol. The van der Waals surface area contributed by atoms with E-state index in [0.717, 1.165) is 18.7 Å². The molecular weight excluding hydrogens is 290 g/mol. The van der Waals surface area contributed by atoms with Gasteiger partial charge in [-0.15, -0.1) is 0 Å². The number of nitrogens with zero attached hydrogens (tertiary/aromatic N) is 1. The number of rotatable bonds is 9. The molecule has 0 bridgehead atoms. The van der Waals surface area contributed by atoms with Gasteiger partial charge in [0.05, 0.1) is 12.8 Å². The summed E-state index contributed by atoms with van der Waals surface area (Å²) in [5.74, 6) is 0.757. The van der Waals surface area contributed by atoms with Gasteiger partial charge >= 0.3 is 0 Å². The van der Waals surface area contributed by atoms with Crippen molar-refractivity contribution in [2.45, 2.75) is 12.8 Å². The Morgan fingerprint density at radius 2 is 2.10 bits per heavy atom. The number of nitrogens with one attached hydrogen (secondary N) is 2. The van der Waals surface area contributed by atoms with Crippen LogP contribution in [0.3, 0.4) is 0 Å². The molecule has 2 N–H and O–H groups in total. The van der Waals surface area contributed by atoms with E-state index in [1.807, 2.05) is 14.1 Å². The predicted molar refractivity (Wildman–Crippen MR) is 87.3 cm³/mol. The molecule has 118 valence electrons. The molecule has 0 saturated heterocycles. The Hall–Kier alpha value is -1.46. The van der Waals surface area contributed by atoms with E-state index >= 15 is 0 Å². The van der Waals surface area contributed by atoms with Crippen LogP contribution in [0.2, 0.25) is 5.02 Å². The minimum absolute atomic E-state index is 0.0438. The van der Waals surface area contributed by atoms with Crippen molar-refractivity contribution in [3.63, 3.8) is 0 Å². The van der Waals surface area contributed by atoms with E-state index in [9.17, 15) is 4.79 Å². The smallest absolute Gasteiger partial charge is 0.221 e. The van der Waals surface area contributed by atoms with Crippen molar-refractivity contribution in [1.29, 1.82) is 0 Å². The van der Waals surface area contributed by atoms with Gasteiger partial charge in [0.1, 0.15) is 5.75 Å². The normalized spacial score (nSPS) is 10.5. The standard InChI is InChI=1S/C15H24ClN3O2/c1-19(2)10-4-8-18-15(20)7-9-17-13-11-12(16)5-6-14(13)21-3/h5-6,11,17H,4,7-10H2,1-3H3,(H,18,20). The fraction of sp³-hybridized carbons (Fsp3) is 0.533. The Kier molecular flexibility index (Phi) is 7.93. The van der Waals surface area contributed by atoms with Gasteiger partial charge in [-0.3, -0.25) is 4.79 Å². The van der Waals surface area contributed by atoms with Crippen molar-refractivity contribution in [3.8, 4) is 5.75 Å². The monoisotopic (exact) mass is 313 g/mol. The van der Waals surface area contributed by atoms with Crippen LogP contribution >= 0.6 is 11.6 Å². The Balaban J connectivity index is 2.27. The zero-order valence-electron chi connectivity index (χ0n) is 12.9. The first-order valence-corrected chi connectivity index (χ1v) is 7.39. The maximum Gasteiger partial charge on any atom is 0.221 e. The van der Waals surface area contributed by atoms with E-state index in [2.05, 4.69) is 15.5 Å². The van der Waals surface area contributed by atoms with Gasteiger partial charge in [0.15, 0.2) is 0 Å². The summed E-state index contributed by atoms with van der Waals surface area (Å²) in [6.07, 6.45) is 1.37. The summed E-state index contributed by atoms with van der Waals surface area (Å²) < 4.78 is 5.23. The molecule has 1 rings (SSSR count). The first kappa shape index (κ1) is 17.6. The number of hydrogen-bond acceptors (Lipinski definition) is 4. The van der Waals surface area contributed by atoms with E-state index in [-0.39, 0.29) is 5.91 Å². The molecule has 0 saturated carbocycles. The quantitative estimate of drug-likeness (QED) is 0.686. The molecule has 1 aromatic carbocycles. The average Bonchev–Trinajstić information content (AvgIpc) is 2.44. The molecule has 5 nitrogen and oxygen atoms in total. The van der Waals surface area contributed by atoms with Gasteiger partial charge in [-0.05, 0) is 45.3 Å². The van der Waals surface area contributed by atoms with Crippen molar-refractivity contribution in [2.24, 2.45) is 0 Å². The zero-order chi connectivity index (χ0) is 15.7. The Labute approximate surface area is 131 Å². The second-order valence-corrected chi connectivity index (χ2v) is 5.46. The van der Waals surface area contributed by atoms with Gasteiger partial charge in [-0.2, -0.15) is 0 Å². The predicted octanol–water partition coefficient (Wildman–Crippen LogP) is 2.22. The fourth-order valence-electron chi connectivity index (χ4n) is 1.84. The lowest BCUT2D eigenvalue weighted by atomic mass is 10.2. The molecule has 0 atom stereocenters. The maximum atomic E-state index is 11.7. The summed E-state index contributed by atoms with van der Waals surface area (Å²) in [5, 5.41) is 6.70. The lowest BCUT2D eigenvalue weighted by molar-refractivity contribution is -0.120. The van der Waals surface area contributed by atoms with Gasteiger partial charge in [0.2, 0.25) is 5.91 Å². The molecule has 0 aliphatic carbocycles. The van der Waals surface area contributed by atoms with Crippen LogP contribution in [0.25, 0.3) is 0 Å². The molecule has 0 radical (unpaired) electrons. The Morgan fingerprint density at radius 1 is 1.33 bits per heavy atom. The third-order valence-corrected chi connectivity index (χ3v) is 3.17. The highest BCUT2D eigenvalue weighted by Crippen LogP contribution is 2.27. The van der Waals surface area contributed by atoms with Crippen LogP contribution in [0.4, 0.5) is 5.69 Å². The molecule has 1 aromatic rings. The molecule has 0 aromatic heterocycles. The third kappa shape index (κ3) is 7.20. The van der Waals surface area contributed by atoms with Crippen LogP contribution in [0, 0.1) is 0 Å². The highest BCUT2D eigenvalue weighted by atomic mass is 35.5. The maximum absolute atomic E-state index is 11.7. The van der Waals surface area contributed by atoms with Gasteiger partial charge in [0, 0.05) is 24.5 Å². The summed E-state index contributed by atoms with van der Waals surface area (Å²) >= 11 is 5.95. The number of methoxy groups -OCH3 is 1. The number of carbonyl (C=O) groups is 1. The largest absolute Gasteiger partial charge is 0.495 e. The molecule has 0 heterocycles. The highest BCUT2D eigenvalue weighted by Gasteiger charge is 2.05. The molecule has 0 aliphatic heterocycles. The summed E-state index contributed by atoms with van der Waals surface area (Å²) in [6, 6.07) is 5.35. The number of amides is 1. The fourth-order valence-corrected chi connectivity index (χ4v) is 2.01. The van der Waals surface area contributed by atoms with E-state index in [4.69, 9.17) is 16.3 Å². The summed E-state index contributed by atoms with van der Waals surface area (Å²) in [4.78, 5) is 13.8. The van der Waals surface area contributed by atoms with Crippen LogP contribution in [0.1, 0.15) is 12.8 Å². The highest BCUT2D eigenvalue weighted by molar-refractivity contribution is 6.30. The molecule has 1 amide bonds. The number of anilines is 1. The molecule has 0 unspecified atom stereocenters. The second kappa shape index (κ2) is 9.47. The number of hydrogen-bond donors (Lipinski definition) is 2. The number of carbonyl (C=O) groups excluding carboxylic acids is 1. The Bertz CT molecular complexity index is 453. The van der Waals surface area contributed by atoms with Gasteiger partial charge in [-0.25, -0.2) is 0 Å². The van der Waals surface area contributed by atoms with E-state index in [1.165, 1.54) is 0 Å². The van der Waals surface area contributed by atoms with Gasteiger partial charge in [0.25, 0.3) is 0 Å². The minimum Gasteiger partial charge on any atom is -0.495 e. The van der Waals surface area contributed by atoms with Gasteiger partial charge in [-0.1, -0.05) is 11.6 Å². The second-order valence-electron chi connectivity index (χ2n) is 5.03. The first-order valence-electron chi connectivity index (χ1n) is 7.01. The van der Waals surface area contributed by atoms with Crippen LogP contribution in [0.15, 0.2) is 18.2 Å². The first-order chi connectivity index (χ1) is 10.0. The summed E-state index contributed by atoms with van der Waals surface area (Å²) in [5.41, 5.74) is 0.797. The van der Waals surface area contributed by atoms with E-state index in [0.29, 0.717) is 30.3 Å². The van der Waals surface area contributed by atoms with Crippen LogP contribution in [0.5, 0.6) is 5.75 Å². The zero-order valence-corrected chi connectivity index (χ0v) is 13.7. The topological polar surface area (TPSA) is 53.6 Å². The van der Waals surface area contributed by atoms with E-state index in [1.54, 1.807) is 25.3 Å².